The van der Waals surface area contributed by atoms with Gasteiger partial charge in [0.1, 0.15) is 19.0 Å². The summed E-state index contributed by atoms with van der Waals surface area (Å²) in [5.41, 5.74) is 0.421. The molecule has 0 bridgehead atoms. The molecule has 96 valence electrons. The van der Waals surface area contributed by atoms with Gasteiger partial charge in [0.05, 0.1) is 5.92 Å². The molecule has 1 aromatic carbocycles. The Morgan fingerprint density at radius 3 is 2.39 bits per heavy atom. The number of benzene rings is 1. The van der Waals surface area contributed by atoms with Crippen molar-refractivity contribution in [3.63, 3.8) is 0 Å². The number of halogens is 1. The zero-order chi connectivity index (χ0) is 13.0. The van der Waals surface area contributed by atoms with Crippen molar-refractivity contribution in [2.75, 3.05) is 13.2 Å². The maximum Gasteiger partial charge on any atom is 0.309 e. The monoisotopic (exact) mass is 268 g/mol. The zero-order valence-corrected chi connectivity index (χ0v) is 10.5. The summed E-state index contributed by atoms with van der Waals surface area (Å²) in [6.45, 7) is 0.540. The molecule has 5 heteroatoms. The fourth-order valence-corrected chi connectivity index (χ4v) is 1.55. The number of carbonyl (C=O) groups is 2. The molecule has 1 aliphatic carbocycles. The van der Waals surface area contributed by atoms with Crippen molar-refractivity contribution in [2.45, 2.75) is 12.8 Å². The third kappa shape index (κ3) is 3.74. The highest BCUT2D eigenvalue weighted by Gasteiger charge is 2.30. The standard InChI is InChI=1S/C13H13ClO4/c14-12(15)9-3-5-11(6-4-9)17-7-8-18-13(16)10-1-2-10/h3-6,10H,1-2,7-8H2. The largest absolute Gasteiger partial charge is 0.490 e. The molecule has 2 rings (SSSR count). The van der Waals surface area contributed by atoms with E-state index < -0.39 is 5.24 Å². The van der Waals surface area contributed by atoms with Gasteiger partial charge in [-0.05, 0) is 48.7 Å². The minimum absolute atomic E-state index is 0.110. The van der Waals surface area contributed by atoms with Crippen molar-refractivity contribution in [2.24, 2.45) is 5.92 Å². The highest BCUT2D eigenvalue weighted by Crippen LogP contribution is 2.29. The highest BCUT2D eigenvalue weighted by molar-refractivity contribution is 6.67. The van der Waals surface area contributed by atoms with Crippen LogP contribution in [0, 0.1) is 5.92 Å². The Morgan fingerprint density at radius 2 is 1.83 bits per heavy atom. The van der Waals surface area contributed by atoms with E-state index in [4.69, 9.17) is 21.1 Å². The average Bonchev–Trinajstić information content (AvgIpc) is 3.19. The molecule has 0 saturated heterocycles. The number of esters is 1. The Kier molecular flexibility index (Phi) is 4.20. The molecular weight excluding hydrogens is 256 g/mol. The zero-order valence-electron chi connectivity index (χ0n) is 9.73. The molecule has 0 aliphatic heterocycles. The molecule has 0 spiro atoms. The van der Waals surface area contributed by atoms with Gasteiger partial charge in [-0.25, -0.2) is 0 Å². The quantitative estimate of drug-likeness (QED) is 0.452. The van der Waals surface area contributed by atoms with Gasteiger partial charge in [0.2, 0.25) is 0 Å². The number of rotatable bonds is 6. The topological polar surface area (TPSA) is 52.6 Å². The van der Waals surface area contributed by atoms with Crippen molar-refractivity contribution in [1.82, 2.24) is 0 Å². The van der Waals surface area contributed by atoms with E-state index in [1.165, 1.54) is 0 Å². The van der Waals surface area contributed by atoms with Crippen LogP contribution in [-0.2, 0) is 9.53 Å². The summed E-state index contributed by atoms with van der Waals surface area (Å²) in [6.07, 6.45) is 1.88. The lowest BCUT2D eigenvalue weighted by Crippen LogP contribution is -2.13. The average molecular weight is 269 g/mol. The molecule has 0 atom stereocenters. The normalized spacial score (nSPS) is 14.1. The Balaban J connectivity index is 1.69. The van der Waals surface area contributed by atoms with Crippen LogP contribution in [0.15, 0.2) is 24.3 Å². The summed E-state index contributed by atoms with van der Waals surface area (Å²) < 4.78 is 10.4. The molecule has 0 amide bonds. The second kappa shape index (κ2) is 5.87. The van der Waals surface area contributed by atoms with Crippen LogP contribution in [0.5, 0.6) is 5.75 Å². The van der Waals surface area contributed by atoms with Gasteiger partial charge in [-0.2, -0.15) is 0 Å². The summed E-state index contributed by atoms with van der Waals surface area (Å²) in [7, 11) is 0. The molecule has 0 aromatic heterocycles. The van der Waals surface area contributed by atoms with E-state index in [1.807, 2.05) is 0 Å². The third-order valence-electron chi connectivity index (χ3n) is 2.59. The highest BCUT2D eigenvalue weighted by atomic mass is 35.5. The van der Waals surface area contributed by atoms with Crippen molar-refractivity contribution in [3.8, 4) is 5.75 Å². The van der Waals surface area contributed by atoms with Gasteiger partial charge in [0.25, 0.3) is 5.24 Å². The Hall–Kier alpha value is -1.55. The van der Waals surface area contributed by atoms with E-state index in [9.17, 15) is 9.59 Å². The molecule has 1 aliphatic rings. The maximum absolute atomic E-state index is 11.2. The van der Waals surface area contributed by atoms with Gasteiger partial charge >= 0.3 is 5.97 Å². The van der Waals surface area contributed by atoms with Gasteiger partial charge in [-0.3, -0.25) is 9.59 Å². The van der Waals surface area contributed by atoms with Crippen LogP contribution in [-0.4, -0.2) is 24.4 Å². The van der Waals surface area contributed by atoms with Crippen LogP contribution >= 0.6 is 11.6 Å². The van der Waals surface area contributed by atoms with E-state index in [1.54, 1.807) is 24.3 Å². The van der Waals surface area contributed by atoms with Gasteiger partial charge in [0, 0.05) is 5.56 Å². The Morgan fingerprint density at radius 1 is 1.17 bits per heavy atom. The van der Waals surface area contributed by atoms with E-state index >= 15 is 0 Å². The lowest BCUT2D eigenvalue weighted by atomic mass is 10.2. The predicted molar refractivity (Wildman–Crippen MR) is 65.8 cm³/mol. The minimum Gasteiger partial charge on any atom is -0.490 e. The van der Waals surface area contributed by atoms with Crippen molar-refractivity contribution in [3.05, 3.63) is 29.8 Å². The summed E-state index contributed by atoms with van der Waals surface area (Å²) >= 11 is 5.32. The predicted octanol–water partition coefficient (Wildman–Crippen LogP) is 2.40. The molecule has 1 fully saturated rings. The molecule has 0 radical (unpaired) electrons. The van der Waals surface area contributed by atoms with Gasteiger partial charge in [-0.15, -0.1) is 0 Å². The van der Waals surface area contributed by atoms with Gasteiger partial charge < -0.3 is 9.47 Å². The first-order valence-corrected chi connectivity index (χ1v) is 6.14. The molecule has 1 saturated carbocycles. The fraction of sp³-hybridized carbons (Fsp3) is 0.385. The number of ether oxygens (including phenoxy) is 2. The van der Waals surface area contributed by atoms with Crippen molar-refractivity contribution >= 4 is 22.8 Å². The van der Waals surface area contributed by atoms with Crippen LogP contribution in [0.4, 0.5) is 0 Å². The number of hydrogen-bond acceptors (Lipinski definition) is 4. The summed E-state index contributed by atoms with van der Waals surface area (Å²) in [5.74, 6) is 0.583. The number of hydrogen-bond donors (Lipinski definition) is 0. The van der Waals surface area contributed by atoms with Gasteiger partial charge in [-0.1, -0.05) is 0 Å². The van der Waals surface area contributed by atoms with Crippen LogP contribution in [0.2, 0.25) is 0 Å². The first-order chi connectivity index (χ1) is 8.66. The SMILES string of the molecule is O=C(Cl)c1ccc(OCCOC(=O)C2CC2)cc1. The fourth-order valence-electron chi connectivity index (χ4n) is 1.42. The molecule has 0 heterocycles. The van der Waals surface area contributed by atoms with Crippen molar-refractivity contribution < 1.29 is 19.1 Å². The lowest BCUT2D eigenvalue weighted by Gasteiger charge is -2.07. The van der Waals surface area contributed by atoms with Gasteiger partial charge in [0.15, 0.2) is 0 Å². The Labute approximate surface area is 110 Å². The van der Waals surface area contributed by atoms with E-state index in [0.29, 0.717) is 17.9 Å². The van der Waals surface area contributed by atoms with Crippen LogP contribution in [0.3, 0.4) is 0 Å². The second-order valence-electron chi connectivity index (χ2n) is 4.09. The second-order valence-corrected chi connectivity index (χ2v) is 4.43. The van der Waals surface area contributed by atoms with E-state index in [2.05, 4.69) is 0 Å². The molecule has 18 heavy (non-hydrogen) atoms. The van der Waals surface area contributed by atoms with Crippen molar-refractivity contribution in [1.29, 1.82) is 0 Å². The summed E-state index contributed by atoms with van der Waals surface area (Å²) in [5, 5.41) is -0.500. The summed E-state index contributed by atoms with van der Waals surface area (Å²) in [6, 6.07) is 6.47. The van der Waals surface area contributed by atoms with Crippen LogP contribution in [0.25, 0.3) is 0 Å². The first kappa shape index (κ1) is 12.9. The molecule has 0 unspecified atom stereocenters. The van der Waals surface area contributed by atoms with E-state index in [-0.39, 0.29) is 18.5 Å². The molecule has 1 aromatic rings. The lowest BCUT2D eigenvalue weighted by molar-refractivity contribution is -0.145. The van der Waals surface area contributed by atoms with Crippen LogP contribution < -0.4 is 4.74 Å². The molecule has 4 nitrogen and oxygen atoms in total. The first-order valence-electron chi connectivity index (χ1n) is 5.76. The minimum atomic E-state index is -0.500. The third-order valence-corrected chi connectivity index (χ3v) is 2.81. The number of carbonyl (C=O) groups excluding carboxylic acids is 2. The van der Waals surface area contributed by atoms with Crippen LogP contribution in [0.1, 0.15) is 23.2 Å². The van der Waals surface area contributed by atoms with E-state index in [0.717, 1.165) is 12.8 Å². The summed E-state index contributed by atoms with van der Waals surface area (Å²) in [4.78, 5) is 22.0. The smallest absolute Gasteiger partial charge is 0.309 e. The molecule has 0 N–H and O–H groups in total. The Bertz CT molecular complexity index is 437. The maximum atomic E-state index is 11.2. The molecular formula is C13H13ClO4.